The van der Waals surface area contributed by atoms with Crippen molar-refractivity contribution < 1.29 is 31.1 Å². The molecule has 4 aromatic rings. The van der Waals surface area contributed by atoms with Gasteiger partial charge in [-0.05, 0) is 67.4 Å². The highest BCUT2D eigenvalue weighted by atomic mass is 19.4. The predicted octanol–water partition coefficient (Wildman–Crippen LogP) is 7.68. The SMILES string of the molecule is CN(C(=O)C(C)(C)c1cc(C(F)(F)F)cc(C(F)(F)F)c1)c1ccc2n[c]ccc2c1-c1ccccc1. The molecule has 0 aliphatic heterocycles. The molecule has 0 saturated carbocycles. The fourth-order valence-corrected chi connectivity index (χ4v) is 4.25. The Labute approximate surface area is 209 Å². The lowest BCUT2D eigenvalue weighted by Crippen LogP contribution is -2.42. The number of alkyl halides is 6. The molecule has 1 aromatic heterocycles. The van der Waals surface area contributed by atoms with Crippen LogP contribution in [0.5, 0.6) is 0 Å². The number of anilines is 1. The van der Waals surface area contributed by atoms with Gasteiger partial charge >= 0.3 is 12.4 Å². The predicted molar refractivity (Wildman–Crippen MR) is 129 cm³/mol. The molecule has 37 heavy (non-hydrogen) atoms. The molecule has 1 amide bonds. The zero-order valence-electron chi connectivity index (χ0n) is 20.0. The van der Waals surface area contributed by atoms with Crippen molar-refractivity contribution in [1.82, 2.24) is 4.98 Å². The molecule has 0 fully saturated rings. The number of hydrogen-bond acceptors (Lipinski definition) is 2. The summed E-state index contributed by atoms with van der Waals surface area (Å²) in [7, 11) is 1.44. The fourth-order valence-electron chi connectivity index (χ4n) is 4.25. The highest BCUT2D eigenvalue weighted by Crippen LogP contribution is 2.41. The van der Waals surface area contributed by atoms with Gasteiger partial charge in [0.1, 0.15) is 0 Å². The molecular formula is C28H21F6N2O. The van der Waals surface area contributed by atoms with Crippen LogP contribution in [-0.4, -0.2) is 17.9 Å². The van der Waals surface area contributed by atoms with Crippen molar-refractivity contribution in [2.45, 2.75) is 31.6 Å². The number of carbonyl (C=O) groups excluding carboxylic acids is 1. The quantitative estimate of drug-likeness (QED) is 0.261. The Balaban J connectivity index is 1.86. The second kappa shape index (κ2) is 9.21. The lowest BCUT2D eigenvalue weighted by Gasteiger charge is -2.32. The van der Waals surface area contributed by atoms with Crippen LogP contribution in [0.3, 0.4) is 0 Å². The van der Waals surface area contributed by atoms with Gasteiger partial charge in [-0.25, -0.2) is 4.98 Å². The van der Waals surface area contributed by atoms with E-state index in [2.05, 4.69) is 11.2 Å². The summed E-state index contributed by atoms with van der Waals surface area (Å²) in [6.07, 6.45) is -7.30. The van der Waals surface area contributed by atoms with Crippen molar-refractivity contribution in [1.29, 1.82) is 0 Å². The summed E-state index contributed by atoms with van der Waals surface area (Å²) in [6, 6.07) is 17.1. The monoisotopic (exact) mass is 515 g/mol. The minimum absolute atomic E-state index is 0.0502. The number of amides is 1. The van der Waals surface area contributed by atoms with Gasteiger partial charge in [-0.15, -0.1) is 0 Å². The summed E-state index contributed by atoms with van der Waals surface area (Å²) < 4.78 is 80.8. The van der Waals surface area contributed by atoms with E-state index in [1.807, 2.05) is 30.3 Å². The Morgan fingerprint density at radius 3 is 1.95 bits per heavy atom. The Morgan fingerprint density at radius 2 is 1.38 bits per heavy atom. The van der Waals surface area contributed by atoms with Gasteiger partial charge in [-0.3, -0.25) is 4.79 Å². The van der Waals surface area contributed by atoms with Crippen LogP contribution in [0, 0.1) is 6.20 Å². The second-order valence-electron chi connectivity index (χ2n) is 9.12. The number of likely N-dealkylation sites (N-methyl/N-ethyl adjacent to an activating group) is 1. The topological polar surface area (TPSA) is 33.2 Å². The number of benzene rings is 3. The number of halogens is 6. The average molecular weight is 515 g/mol. The first-order valence-electron chi connectivity index (χ1n) is 11.1. The molecule has 0 atom stereocenters. The van der Waals surface area contributed by atoms with Crippen LogP contribution in [0.1, 0.15) is 30.5 Å². The van der Waals surface area contributed by atoms with E-state index in [4.69, 9.17) is 0 Å². The number of pyridine rings is 1. The molecule has 1 heterocycles. The maximum absolute atomic E-state index is 13.7. The number of rotatable bonds is 4. The zero-order valence-corrected chi connectivity index (χ0v) is 20.0. The van der Waals surface area contributed by atoms with Crippen LogP contribution < -0.4 is 4.90 Å². The first kappa shape index (κ1) is 26.2. The van der Waals surface area contributed by atoms with Crippen LogP contribution in [0.15, 0.2) is 72.8 Å². The normalized spacial score (nSPS) is 12.6. The molecule has 0 aliphatic rings. The largest absolute Gasteiger partial charge is 0.416 e. The van der Waals surface area contributed by atoms with Gasteiger partial charge in [0.25, 0.3) is 0 Å². The van der Waals surface area contributed by atoms with Crippen LogP contribution >= 0.6 is 0 Å². The third-order valence-corrected chi connectivity index (χ3v) is 6.28. The first-order valence-corrected chi connectivity index (χ1v) is 11.1. The molecule has 0 spiro atoms. The van der Waals surface area contributed by atoms with Crippen molar-refractivity contribution in [3.05, 3.63) is 95.7 Å². The van der Waals surface area contributed by atoms with Gasteiger partial charge < -0.3 is 4.90 Å². The maximum Gasteiger partial charge on any atom is 0.416 e. The smallest absolute Gasteiger partial charge is 0.314 e. The highest BCUT2D eigenvalue weighted by molar-refractivity contribution is 6.08. The van der Waals surface area contributed by atoms with E-state index in [0.717, 1.165) is 5.56 Å². The van der Waals surface area contributed by atoms with Gasteiger partial charge in [0.15, 0.2) is 0 Å². The van der Waals surface area contributed by atoms with E-state index in [1.165, 1.54) is 25.8 Å². The van der Waals surface area contributed by atoms with Crippen LogP contribution in [0.4, 0.5) is 32.0 Å². The van der Waals surface area contributed by atoms with Crippen molar-refractivity contribution in [3.63, 3.8) is 0 Å². The molecule has 4 rings (SSSR count). The molecule has 3 aromatic carbocycles. The third-order valence-electron chi connectivity index (χ3n) is 6.28. The molecule has 0 aliphatic carbocycles. The number of aromatic nitrogens is 1. The minimum atomic E-state index is -5.02. The summed E-state index contributed by atoms with van der Waals surface area (Å²) in [5.41, 5.74) is -2.65. The first-order chi connectivity index (χ1) is 17.2. The average Bonchev–Trinajstić information content (AvgIpc) is 2.86. The molecule has 1 radical (unpaired) electrons. The summed E-state index contributed by atoms with van der Waals surface area (Å²) >= 11 is 0. The van der Waals surface area contributed by atoms with E-state index < -0.39 is 40.4 Å². The molecule has 0 bridgehead atoms. The van der Waals surface area contributed by atoms with Crippen molar-refractivity contribution in [2.75, 3.05) is 11.9 Å². The lowest BCUT2D eigenvalue weighted by molar-refractivity contribution is -0.143. The maximum atomic E-state index is 13.7. The Bertz CT molecular complexity index is 1430. The van der Waals surface area contributed by atoms with Crippen molar-refractivity contribution in [2.24, 2.45) is 0 Å². The summed E-state index contributed by atoms with van der Waals surface area (Å²) in [5, 5.41) is 0.707. The van der Waals surface area contributed by atoms with Gasteiger partial charge in [0.2, 0.25) is 5.91 Å². The minimum Gasteiger partial charge on any atom is -0.314 e. The standard InChI is InChI=1S/C28H21F6N2O/c1-26(2,18-14-19(27(29,30)31)16-20(15-18)28(32,33)34)25(37)36(3)23-12-11-22-21(10-7-13-35-22)24(23)17-8-5-4-6-9-17/h4-12,14-16H,1-3H3. The summed E-state index contributed by atoms with van der Waals surface area (Å²) in [6.45, 7) is 2.61. The Hall–Kier alpha value is -3.88. The van der Waals surface area contributed by atoms with Gasteiger partial charge in [0.05, 0.1) is 33.9 Å². The number of fused-ring (bicyclic) bond motifs is 1. The number of hydrogen-bond donors (Lipinski definition) is 0. The number of carbonyl (C=O) groups is 1. The van der Waals surface area contributed by atoms with Crippen LogP contribution in [0.2, 0.25) is 0 Å². The molecule has 9 heteroatoms. The molecular weight excluding hydrogens is 494 g/mol. The van der Waals surface area contributed by atoms with Gasteiger partial charge in [-0.1, -0.05) is 30.3 Å². The van der Waals surface area contributed by atoms with Gasteiger partial charge in [0, 0.05) is 18.0 Å². The van der Waals surface area contributed by atoms with Crippen LogP contribution in [-0.2, 0) is 22.6 Å². The zero-order chi connectivity index (χ0) is 27.2. The third kappa shape index (κ3) is 5.03. The van der Waals surface area contributed by atoms with Crippen molar-refractivity contribution in [3.8, 4) is 11.1 Å². The molecule has 0 N–H and O–H groups in total. The lowest BCUT2D eigenvalue weighted by atomic mass is 9.81. The number of nitrogens with zero attached hydrogens (tertiary/aromatic N) is 2. The molecule has 0 saturated heterocycles. The van der Waals surface area contributed by atoms with E-state index >= 15 is 0 Å². The van der Waals surface area contributed by atoms with E-state index in [9.17, 15) is 31.1 Å². The van der Waals surface area contributed by atoms with Gasteiger partial charge in [-0.2, -0.15) is 26.3 Å². The Morgan fingerprint density at radius 1 is 0.811 bits per heavy atom. The molecule has 3 nitrogen and oxygen atoms in total. The molecule has 191 valence electrons. The second-order valence-corrected chi connectivity index (χ2v) is 9.12. The summed E-state index contributed by atoms with van der Waals surface area (Å²) in [5.74, 6) is -0.688. The van der Waals surface area contributed by atoms with Crippen LogP contribution in [0.25, 0.3) is 22.0 Å². The summed E-state index contributed by atoms with van der Waals surface area (Å²) in [4.78, 5) is 19.2. The van der Waals surface area contributed by atoms with E-state index in [1.54, 1.807) is 24.3 Å². The van der Waals surface area contributed by atoms with Crippen molar-refractivity contribution >= 4 is 22.5 Å². The fraction of sp³-hybridized carbons (Fsp3) is 0.214. The van der Waals surface area contributed by atoms with E-state index in [0.29, 0.717) is 34.3 Å². The highest BCUT2D eigenvalue weighted by Gasteiger charge is 2.41. The Kier molecular flexibility index (Phi) is 6.52. The van der Waals surface area contributed by atoms with E-state index in [-0.39, 0.29) is 6.07 Å². The molecule has 0 unspecified atom stereocenters.